The molecule has 4 nitrogen and oxygen atoms in total. The van der Waals surface area contributed by atoms with E-state index in [9.17, 15) is 9.18 Å². The summed E-state index contributed by atoms with van der Waals surface area (Å²) in [5.74, 6) is -0.130. The molecular weight excluding hydrogens is 269 g/mol. The maximum Gasteiger partial charge on any atom is 0.237 e. The van der Waals surface area contributed by atoms with Crippen molar-refractivity contribution in [3.8, 4) is 6.07 Å². The number of fused-ring (bicyclic) bond motifs is 3. The largest absolute Gasteiger partial charge is 0.323 e. The highest BCUT2D eigenvalue weighted by Gasteiger charge is 2.46. The van der Waals surface area contributed by atoms with E-state index in [0.29, 0.717) is 5.41 Å². The van der Waals surface area contributed by atoms with Crippen LogP contribution in [0.2, 0.25) is 0 Å². The van der Waals surface area contributed by atoms with Crippen molar-refractivity contribution in [3.05, 3.63) is 0 Å². The van der Waals surface area contributed by atoms with Crippen LogP contribution < -0.4 is 5.32 Å². The molecule has 4 aliphatic rings. The van der Waals surface area contributed by atoms with Gasteiger partial charge in [-0.25, -0.2) is 4.39 Å². The van der Waals surface area contributed by atoms with Gasteiger partial charge in [0.25, 0.3) is 0 Å². The summed E-state index contributed by atoms with van der Waals surface area (Å²) in [4.78, 5) is 13.7. The highest BCUT2D eigenvalue weighted by Crippen LogP contribution is 2.51. The molecule has 1 aliphatic heterocycles. The van der Waals surface area contributed by atoms with Gasteiger partial charge in [0.2, 0.25) is 5.91 Å². The van der Waals surface area contributed by atoms with Gasteiger partial charge in [0, 0.05) is 12.0 Å². The molecule has 3 saturated carbocycles. The highest BCUT2D eigenvalue weighted by atomic mass is 19.1. The van der Waals surface area contributed by atoms with Crippen LogP contribution >= 0.6 is 0 Å². The molecule has 21 heavy (non-hydrogen) atoms. The first kappa shape index (κ1) is 14.8. The summed E-state index contributed by atoms with van der Waals surface area (Å²) in [7, 11) is 0. The number of carbonyl (C=O) groups excluding carboxylic acids is 1. The number of amides is 1. The molecule has 4 rings (SSSR count). The Morgan fingerprint density at radius 3 is 2.52 bits per heavy atom. The fourth-order valence-electron chi connectivity index (χ4n) is 4.19. The second kappa shape index (κ2) is 5.24. The van der Waals surface area contributed by atoms with Crippen molar-refractivity contribution in [2.75, 3.05) is 13.1 Å². The van der Waals surface area contributed by atoms with Gasteiger partial charge in [-0.3, -0.25) is 4.79 Å². The molecule has 0 unspecified atom stereocenters. The summed E-state index contributed by atoms with van der Waals surface area (Å²) in [5, 5.41) is 12.5. The number of halogens is 1. The summed E-state index contributed by atoms with van der Waals surface area (Å²) >= 11 is 0. The molecule has 1 amide bonds. The topological polar surface area (TPSA) is 56.1 Å². The van der Waals surface area contributed by atoms with Gasteiger partial charge >= 0.3 is 0 Å². The maximum absolute atomic E-state index is 13.4. The summed E-state index contributed by atoms with van der Waals surface area (Å²) in [6, 6.07) is 1.45. The molecule has 2 atom stereocenters. The Bertz CT molecular complexity index is 448. The second-order valence-corrected chi connectivity index (χ2v) is 7.47. The predicted octanol–water partition coefficient (Wildman–Crippen LogP) is 2.15. The van der Waals surface area contributed by atoms with Gasteiger partial charge in [0.1, 0.15) is 12.2 Å². The monoisotopic (exact) mass is 293 g/mol. The molecule has 0 aromatic heterocycles. The standard InChI is InChI=1S/C16H24FN3O/c1-15-2-5-16(6-3-15,7-4-15)19-10-14(21)20-11-12(17)8-13(20)9-18/h12-13,19H,2-8,10-11H2,1H3/t12-,13-,15?,16?/m0/s1. The maximum atomic E-state index is 13.4. The molecule has 1 saturated heterocycles. The third kappa shape index (κ3) is 2.78. The minimum absolute atomic E-state index is 0.0732. The van der Waals surface area contributed by atoms with Crippen LogP contribution in [0.5, 0.6) is 0 Å². The zero-order chi connectivity index (χ0) is 15.1. The van der Waals surface area contributed by atoms with E-state index in [1.54, 1.807) is 0 Å². The highest BCUT2D eigenvalue weighted by molar-refractivity contribution is 5.79. The fourth-order valence-corrected chi connectivity index (χ4v) is 4.19. The first-order valence-corrected chi connectivity index (χ1v) is 8.04. The Kier molecular flexibility index (Phi) is 3.69. The second-order valence-electron chi connectivity index (χ2n) is 7.47. The molecule has 0 radical (unpaired) electrons. The molecule has 4 fully saturated rings. The number of carbonyl (C=O) groups is 1. The normalized spacial score (nSPS) is 42.0. The number of nitrogens with zero attached hydrogens (tertiary/aromatic N) is 2. The zero-order valence-electron chi connectivity index (χ0n) is 12.7. The van der Waals surface area contributed by atoms with Gasteiger partial charge in [-0.2, -0.15) is 5.26 Å². The van der Waals surface area contributed by atoms with Crippen molar-refractivity contribution < 1.29 is 9.18 Å². The molecule has 0 aromatic rings. The average molecular weight is 293 g/mol. The van der Waals surface area contributed by atoms with Crippen molar-refractivity contribution in [2.24, 2.45) is 5.41 Å². The SMILES string of the molecule is CC12CCC(NCC(=O)N3C[C@@H](F)C[C@H]3C#N)(CC1)CC2. The van der Waals surface area contributed by atoms with Crippen LogP contribution in [0.3, 0.4) is 0 Å². The van der Waals surface area contributed by atoms with Crippen LogP contribution in [0.1, 0.15) is 51.9 Å². The van der Waals surface area contributed by atoms with Crippen molar-refractivity contribution >= 4 is 5.91 Å². The van der Waals surface area contributed by atoms with Gasteiger partial charge < -0.3 is 10.2 Å². The Morgan fingerprint density at radius 2 is 1.95 bits per heavy atom. The molecule has 0 aromatic carbocycles. The van der Waals surface area contributed by atoms with Crippen LogP contribution in [0, 0.1) is 16.7 Å². The molecule has 2 bridgehead atoms. The lowest BCUT2D eigenvalue weighted by Gasteiger charge is -2.52. The van der Waals surface area contributed by atoms with Crippen molar-refractivity contribution in [1.29, 1.82) is 5.26 Å². The number of alkyl halides is 1. The van der Waals surface area contributed by atoms with E-state index in [2.05, 4.69) is 12.2 Å². The van der Waals surface area contributed by atoms with Gasteiger partial charge in [-0.05, 0) is 43.9 Å². The Labute approximate surface area is 125 Å². The molecule has 3 aliphatic carbocycles. The van der Waals surface area contributed by atoms with Crippen LogP contribution in [-0.2, 0) is 4.79 Å². The Balaban J connectivity index is 1.56. The van der Waals surface area contributed by atoms with Crippen molar-refractivity contribution in [1.82, 2.24) is 10.2 Å². The molecule has 5 heteroatoms. The van der Waals surface area contributed by atoms with Crippen LogP contribution in [0.25, 0.3) is 0 Å². The van der Waals surface area contributed by atoms with E-state index < -0.39 is 12.2 Å². The van der Waals surface area contributed by atoms with E-state index in [0.717, 1.165) is 19.3 Å². The summed E-state index contributed by atoms with van der Waals surface area (Å²) in [5.41, 5.74) is 0.611. The van der Waals surface area contributed by atoms with Gasteiger partial charge in [-0.1, -0.05) is 6.92 Å². The van der Waals surface area contributed by atoms with Gasteiger partial charge in [0.15, 0.2) is 0 Å². The average Bonchev–Trinajstić information content (AvgIpc) is 2.88. The summed E-state index contributed by atoms with van der Waals surface area (Å²) in [6.07, 6.45) is 6.17. The molecule has 1 N–H and O–H groups in total. The number of rotatable bonds is 3. The minimum atomic E-state index is -1.05. The third-order valence-corrected chi connectivity index (χ3v) is 5.96. The van der Waals surface area contributed by atoms with Gasteiger partial charge in [0.05, 0.1) is 19.2 Å². The number of hydrogen-bond acceptors (Lipinski definition) is 3. The lowest BCUT2D eigenvalue weighted by molar-refractivity contribution is -0.131. The van der Waals surface area contributed by atoms with E-state index in [-0.39, 0.29) is 31.0 Å². The number of likely N-dealkylation sites (tertiary alicyclic amines) is 1. The van der Waals surface area contributed by atoms with E-state index in [4.69, 9.17) is 5.26 Å². The quantitative estimate of drug-likeness (QED) is 0.867. The zero-order valence-corrected chi connectivity index (χ0v) is 12.7. The summed E-state index contributed by atoms with van der Waals surface area (Å²) < 4.78 is 13.4. The van der Waals surface area contributed by atoms with Crippen LogP contribution in [-0.4, -0.2) is 41.6 Å². The smallest absolute Gasteiger partial charge is 0.237 e. The third-order valence-electron chi connectivity index (χ3n) is 5.96. The molecule has 1 heterocycles. The van der Waals surface area contributed by atoms with Crippen LogP contribution in [0.4, 0.5) is 4.39 Å². The van der Waals surface area contributed by atoms with E-state index >= 15 is 0 Å². The molecule has 0 spiro atoms. The first-order valence-electron chi connectivity index (χ1n) is 8.04. The van der Waals surface area contributed by atoms with Crippen molar-refractivity contribution in [3.63, 3.8) is 0 Å². The lowest BCUT2D eigenvalue weighted by Crippen LogP contribution is -2.56. The van der Waals surface area contributed by atoms with Crippen molar-refractivity contribution in [2.45, 2.75) is 69.6 Å². The fraction of sp³-hybridized carbons (Fsp3) is 0.875. The minimum Gasteiger partial charge on any atom is -0.323 e. The summed E-state index contributed by atoms with van der Waals surface area (Å²) in [6.45, 7) is 2.68. The number of nitrogens with one attached hydrogen (secondary N) is 1. The Hall–Kier alpha value is -1.15. The number of nitriles is 1. The molecule has 116 valence electrons. The Morgan fingerprint density at radius 1 is 1.33 bits per heavy atom. The van der Waals surface area contributed by atoms with Gasteiger partial charge in [-0.15, -0.1) is 0 Å². The number of hydrogen-bond donors (Lipinski definition) is 1. The van der Waals surface area contributed by atoms with E-state index in [1.807, 2.05) is 6.07 Å². The first-order chi connectivity index (χ1) is 9.95. The lowest BCUT2D eigenvalue weighted by atomic mass is 9.58. The van der Waals surface area contributed by atoms with E-state index in [1.165, 1.54) is 24.2 Å². The van der Waals surface area contributed by atoms with Crippen LogP contribution in [0.15, 0.2) is 0 Å². The predicted molar refractivity (Wildman–Crippen MR) is 77.2 cm³/mol. The molecular formula is C16H24FN3O.